The maximum absolute atomic E-state index is 11.6. The molecule has 0 aliphatic rings. The highest BCUT2D eigenvalue weighted by Gasteiger charge is 2.16. The number of aryl methyl sites for hydroxylation is 1. The van der Waals surface area contributed by atoms with E-state index in [-0.39, 0.29) is 12.6 Å². The first-order valence-electron chi connectivity index (χ1n) is 12.7. The minimum absolute atomic E-state index is 0.00729. The van der Waals surface area contributed by atoms with Crippen LogP contribution in [0.25, 0.3) is 21.2 Å². The van der Waals surface area contributed by atoms with Crippen LogP contribution < -0.4 is 15.4 Å². The summed E-state index contributed by atoms with van der Waals surface area (Å²) in [6.45, 7) is 4.77. The lowest BCUT2D eigenvalue weighted by molar-refractivity contribution is 0.142. The number of hydrogen-bond acceptors (Lipinski definition) is 7. The molecule has 0 fully saturated rings. The second kappa shape index (κ2) is 12.0. The van der Waals surface area contributed by atoms with E-state index in [2.05, 4.69) is 39.9 Å². The molecule has 5 aromatic rings. The van der Waals surface area contributed by atoms with Crippen LogP contribution in [0.5, 0.6) is 5.75 Å². The number of anilines is 1. The van der Waals surface area contributed by atoms with Gasteiger partial charge in [0.1, 0.15) is 19.0 Å². The van der Waals surface area contributed by atoms with Gasteiger partial charge in [0.05, 0.1) is 11.7 Å². The van der Waals surface area contributed by atoms with Crippen molar-refractivity contribution >= 4 is 34.0 Å². The molecule has 0 bridgehead atoms. The van der Waals surface area contributed by atoms with Gasteiger partial charge in [-0.3, -0.25) is 0 Å². The predicted octanol–water partition coefficient (Wildman–Crippen LogP) is 7.27. The Bertz CT molecular complexity index is 1590. The molecule has 2 heterocycles. The smallest absolute Gasteiger partial charge is 0.407 e. The van der Waals surface area contributed by atoms with Crippen LogP contribution in [0.15, 0.2) is 84.9 Å². The molecule has 1 unspecified atom stereocenters. The van der Waals surface area contributed by atoms with Crippen molar-refractivity contribution in [2.75, 3.05) is 12.4 Å². The number of nitrogens with zero attached hydrogens (tertiary/aromatic N) is 2. The number of hydrogen-bond donors (Lipinski definition) is 2. The predicted molar refractivity (Wildman–Crippen MR) is 156 cm³/mol. The standard InChI is InChI=1S/C31H30N4O3S/c1-20-25-14-13-24(37-18-22-9-5-4-6-10-22)17-27(25)30(35-34-20)33-21(2)28-15-16-29(39-28)26-12-8-7-11-23(26)19-38-31(36)32-3/h4-17,21H,18-19H2,1-3H3,(H,32,36)(H,33,35). The third-order valence-electron chi connectivity index (χ3n) is 6.44. The summed E-state index contributed by atoms with van der Waals surface area (Å²) in [4.78, 5) is 13.8. The lowest BCUT2D eigenvalue weighted by Crippen LogP contribution is -2.18. The zero-order valence-electron chi connectivity index (χ0n) is 22.1. The molecule has 39 heavy (non-hydrogen) atoms. The van der Waals surface area contributed by atoms with Crippen LogP contribution in [-0.2, 0) is 18.0 Å². The van der Waals surface area contributed by atoms with Crippen molar-refractivity contribution in [1.29, 1.82) is 0 Å². The summed E-state index contributed by atoms with van der Waals surface area (Å²) >= 11 is 1.69. The van der Waals surface area contributed by atoms with Crippen molar-refractivity contribution in [2.24, 2.45) is 0 Å². The number of ether oxygens (including phenoxy) is 2. The van der Waals surface area contributed by atoms with Crippen molar-refractivity contribution in [1.82, 2.24) is 15.5 Å². The molecule has 3 aromatic carbocycles. The quantitative estimate of drug-likeness (QED) is 0.205. The molecule has 8 heteroatoms. The molecule has 2 N–H and O–H groups in total. The van der Waals surface area contributed by atoms with Gasteiger partial charge in [0.15, 0.2) is 5.82 Å². The van der Waals surface area contributed by atoms with E-state index in [9.17, 15) is 4.79 Å². The van der Waals surface area contributed by atoms with Crippen molar-refractivity contribution in [3.63, 3.8) is 0 Å². The van der Waals surface area contributed by atoms with Crippen molar-refractivity contribution in [2.45, 2.75) is 33.1 Å². The van der Waals surface area contributed by atoms with Crippen LogP contribution in [0.1, 0.15) is 34.7 Å². The molecule has 1 amide bonds. The Morgan fingerprint density at radius 3 is 2.54 bits per heavy atom. The second-order valence-corrected chi connectivity index (χ2v) is 10.3. The molecule has 0 aliphatic heterocycles. The highest BCUT2D eigenvalue weighted by Crippen LogP contribution is 2.36. The minimum atomic E-state index is -0.449. The Morgan fingerprint density at radius 2 is 1.72 bits per heavy atom. The zero-order chi connectivity index (χ0) is 27.2. The lowest BCUT2D eigenvalue weighted by atomic mass is 10.1. The summed E-state index contributed by atoms with van der Waals surface area (Å²) in [6.07, 6.45) is -0.449. The van der Waals surface area contributed by atoms with Gasteiger partial charge in [-0.15, -0.1) is 16.4 Å². The molecule has 0 aliphatic carbocycles. The van der Waals surface area contributed by atoms with Crippen molar-refractivity contribution in [3.8, 4) is 16.2 Å². The summed E-state index contributed by atoms with van der Waals surface area (Å²) < 4.78 is 11.4. The highest BCUT2D eigenvalue weighted by molar-refractivity contribution is 7.15. The first-order valence-corrected chi connectivity index (χ1v) is 13.6. The van der Waals surface area contributed by atoms with Crippen LogP contribution in [-0.4, -0.2) is 23.3 Å². The molecule has 0 spiro atoms. The van der Waals surface area contributed by atoms with E-state index in [4.69, 9.17) is 9.47 Å². The Kier molecular flexibility index (Phi) is 8.03. The SMILES string of the molecule is CNC(=O)OCc1ccccc1-c1ccc(C(C)Nc2nnc(C)c3ccc(OCc4ccccc4)cc23)s1. The molecule has 7 nitrogen and oxygen atoms in total. The highest BCUT2D eigenvalue weighted by atomic mass is 32.1. The average Bonchev–Trinajstić information content (AvgIpc) is 3.47. The molecular weight excluding hydrogens is 508 g/mol. The summed E-state index contributed by atoms with van der Waals surface area (Å²) in [5.74, 6) is 1.49. The Labute approximate surface area is 231 Å². The molecule has 0 saturated carbocycles. The number of fused-ring (bicyclic) bond motifs is 1. The number of nitrogens with one attached hydrogen (secondary N) is 2. The monoisotopic (exact) mass is 538 g/mol. The van der Waals surface area contributed by atoms with Crippen LogP contribution >= 0.6 is 11.3 Å². The van der Waals surface area contributed by atoms with Gasteiger partial charge in [0.25, 0.3) is 0 Å². The number of carbonyl (C=O) groups excluding carboxylic acids is 1. The van der Waals surface area contributed by atoms with E-state index in [0.717, 1.165) is 48.7 Å². The van der Waals surface area contributed by atoms with E-state index in [1.807, 2.05) is 79.7 Å². The minimum Gasteiger partial charge on any atom is -0.489 e. The van der Waals surface area contributed by atoms with Crippen LogP contribution in [0.4, 0.5) is 10.6 Å². The maximum Gasteiger partial charge on any atom is 0.407 e. The topological polar surface area (TPSA) is 85.4 Å². The van der Waals surface area contributed by atoms with E-state index in [0.29, 0.717) is 12.4 Å². The summed E-state index contributed by atoms with van der Waals surface area (Å²) in [5.41, 5.74) is 3.98. The maximum atomic E-state index is 11.6. The Balaban J connectivity index is 1.35. The van der Waals surface area contributed by atoms with Crippen molar-refractivity contribution < 1.29 is 14.3 Å². The number of aromatic nitrogens is 2. The fourth-order valence-corrected chi connectivity index (χ4v) is 5.38. The Hall–Kier alpha value is -4.43. The van der Waals surface area contributed by atoms with Gasteiger partial charge >= 0.3 is 6.09 Å². The van der Waals surface area contributed by atoms with Crippen LogP contribution in [0.2, 0.25) is 0 Å². The van der Waals surface area contributed by atoms with Crippen molar-refractivity contribution in [3.05, 3.63) is 107 Å². The first-order chi connectivity index (χ1) is 19.0. The third kappa shape index (κ3) is 6.18. The molecule has 198 valence electrons. The Morgan fingerprint density at radius 1 is 0.923 bits per heavy atom. The molecule has 0 radical (unpaired) electrons. The number of alkyl carbamates (subject to hydrolysis) is 1. The number of benzene rings is 3. The van der Waals surface area contributed by atoms with Gasteiger partial charge in [0, 0.05) is 27.6 Å². The van der Waals surface area contributed by atoms with E-state index in [1.165, 1.54) is 0 Å². The molecule has 5 rings (SSSR count). The molecular formula is C31H30N4O3S. The second-order valence-electron chi connectivity index (χ2n) is 9.17. The van der Waals surface area contributed by atoms with Crippen LogP contribution in [0.3, 0.4) is 0 Å². The van der Waals surface area contributed by atoms with Gasteiger partial charge in [-0.25, -0.2) is 4.79 Å². The number of amides is 1. The zero-order valence-corrected chi connectivity index (χ0v) is 22.9. The van der Waals surface area contributed by atoms with Crippen LogP contribution in [0, 0.1) is 6.92 Å². The average molecular weight is 539 g/mol. The van der Waals surface area contributed by atoms with E-state index >= 15 is 0 Å². The molecule has 1 atom stereocenters. The lowest BCUT2D eigenvalue weighted by Gasteiger charge is -2.16. The van der Waals surface area contributed by atoms with Gasteiger partial charge < -0.3 is 20.1 Å². The normalized spacial score (nSPS) is 11.7. The van der Waals surface area contributed by atoms with Gasteiger partial charge in [-0.05, 0) is 60.9 Å². The van der Waals surface area contributed by atoms with Gasteiger partial charge in [0.2, 0.25) is 0 Å². The van der Waals surface area contributed by atoms with E-state index < -0.39 is 6.09 Å². The van der Waals surface area contributed by atoms with Gasteiger partial charge in [-0.2, -0.15) is 5.10 Å². The first kappa shape index (κ1) is 26.2. The van der Waals surface area contributed by atoms with Gasteiger partial charge in [-0.1, -0.05) is 54.6 Å². The summed E-state index contributed by atoms with van der Waals surface area (Å²) in [6, 6.07) is 28.3. The van der Waals surface area contributed by atoms with E-state index in [1.54, 1.807) is 18.4 Å². The summed E-state index contributed by atoms with van der Waals surface area (Å²) in [5, 5.41) is 16.9. The molecule has 0 saturated heterocycles. The fourth-order valence-electron chi connectivity index (χ4n) is 4.31. The summed E-state index contributed by atoms with van der Waals surface area (Å²) in [7, 11) is 1.55. The molecule has 2 aromatic heterocycles. The fraction of sp³-hybridized carbons (Fsp3) is 0.194. The number of carbonyl (C=O) groups is 1. The largest absolute Gasteiger partial charge is 0.489 e. The number of thiophene rings is 1. The number of rotatable bonds is 9. The third-order valence-corrected chi connectivity index (χ3v) is 7.74.